The molecular formula is C18H24ClN3O. The van der Waals surface area contributed by atoms with Crippen molar-refractivity contribution in [3.8, 4) is 11.4 Å². The van der Waals surface area contributed by atoms with Gasteiger partial charge in [0, 0.05) is 17.7 Å². The molecule has 0 aliphatic heterocycles. The van der Waals surface area contributed by atoms with Crippen LogP contribution in [0.3, 0.4) is 0 Å². The first-order valence-electron chi connectivity index (χ1n) is 8.71. The van der Waals surface area contributed by atoms with Crippen LogP contribution >= 0.6 is 11.6 Å². The first-order valence-corrected chi connectivity index (χ1v) is 9.09. The van der Waals surface area contributed by atoms with E-state index in [1.165, 1.54) is 38.5 Å². The number of pyridine rings is 1. The monoisotopic (exact) mass is 333 g/mol. The predicted octanol–water partition coefficient (Wildman–Crippen LogP) is 5.64. The Kier molecular flexibility index (Phi) is 5.65. The van der Waals surface area contributed by atoms with E-state index < -0.39 is 0 Å². The van der Waals surface area contributed by atoms with E-state index in [9.17, 15) is 0 Å². The summed E-state index contributed by atoms with van der Waals surface area (Å²) in [7, 11) is 0. The summed E-state index contributed by atoms with van der Waals surface area (Å²) in [6.45, 7) is 2.26. The summed E-state index contributed by atoms with van der Waals surface area (Å²) in [6.07, 6.45) is 12.0. The second kappa shape index (κ2) is 7.91. The molecule has 1 saturated carbocycles. The average Bonchev–Trinajstić information content (AvgIpc) is 3.06. The highest BCUT2D eigenvalue weighted by molar-refractivity contribution is 6.29. The number of hydrogen-bond acceptors (Lipinski definition) is 4. The summed E-state index contributed by atoms with van der Waals surface area (Å²) in [6, 6.07) is 3.62. The molecule has 5 heteroatoms. The van der Waals surface area contributed by atoms with Gasteiger partial charge >= 0.3 is 0 Å². The zero-order valence-corrected chi connectivity index (χ0v) is 14.4. The highest BCUT2D eigenvalue weighted by Gasteiger charge is 2.26. The molecule has 1 aliphatic rings. The Bertz CT molecular complexity index is 620. The largest absolute Gasteiger partial charge is 0.339 e. The summed E-state index contributed by atoms with van der Waals surface area (Å²) in [5.74, 6) is 2.68. The fourth-order valence-corrected chi connectivity index (χ4v) is 3.61. The topological polar surface area (TPSA) is 51.8 Å². The first-order chi connectivity index (χ1) is 11.3. The van der Waals surface area contributed by atoms with E-state index >= 15 is 0 Å². The van der Waals surface area contributed by atoms with Crippen molar-refractivity contribution in [2.45, 2.75) is 64.2 Å². The van der Waals surface area contributed by atoms with E-state index in [4.69, 9.17) is 16.1 Å². The molecule has 0 spiro atoms. The Morgan fingerprint density at radius 2 is 2.04 bits per heavy atom. The van der Waals surface area contributed by atoms with Crippen LogP contribution in [0, 0.1) is 5.92 Å². The lowest BCUT2D eigenvalue weighted by molar-refractivity contribution is 0.259. The SMILES string of the molecule is CCCCC[C@H]1CC[C@H](c2nc(-c3ccnc(Cl)c3)no2)CC1. The lowest BCUT2D eigenvalue weighted by atomic mass is 9.79. The lowest BCUT2D eigenvalue weighted by Gasteiger charge is -2.26. The van der Waals surface area contributed by atoms with E-state index in [1.807, 2.05) is 6.07 Å². The Morgan fingerprint density at radius 3 is 2.78 bits per heavy atom. The van der Waals surface area contributed by atoms with Crippen molar-refractivity contribution >= 4 is 11.6 Å². The predicted molar refractivity (Wildman–Crippen MR) is 91.4 cm³/mol. The molecule has 0 saturated heterocycles. The Hall–Kier alpha value is -1.42. The number of unbranched alkanes of at least 4 members (excludes halogenated alkanes) is 2. The quantitative estimate of drug-likeness (QED) is 0.507. The minimum atomic E-state index is 0.413. The van der Waals surface area contributed by atoms with Gasteiger partial charge in [-0.1, -0.05) is 49.4 Å². The third-order valence-electron chi connectivity index (χ3n) is 4.84. The smallest absolute Gasteiger partial charge is 0.230 e. The third kappa shape index (κ3) is 4.31. The molecule has 2 heterocycles. The van der Waals surface area contributed by atoms with Crippen LogP contribution in [-0.2, 0) is 0 Å². The van der Waals surface area contributed by atoms with Gasteiger partial charge in [-0.05, 0) is 43.7 Å². The Labute approximate surface area is 142 Å². The van der Waals surface area contributed by atoms with Gasteiger partial charge < -0.3 is 4.52 Å². The van der Waals surface area contributed by atoms with Gasteiger partial charge in [-0.3, -0.25) is 0 Å². The summed E-state index contributed by atoms with van der Waals surface area (Å²) >= 11 is 5.92. The van der Waals surface area contributed by atoms with Crippen LogP contribution in [0.2, 0.25) is 5.15 Å². The van der Waals surface area contributed by atoms with Crippen LogP contribution in [0.5, 0.6) is 0 Å². The standard InChI is InChI=1S/C18H24ClN3O/c1-2-3-4-5-13-6-8-14(9-7-13)18-21-17(22-23-18)15-10-11-20-16(19)12-15/h10-14H,2-9H2,1H3/t13-,14-. The maximum atomic E-state index is 5.92. The zero-order chi connectivity index (χ0) is 16.1. The van der Waals surface area contributed by atoms with Crippen molar-refractivity contribution in [3.05, 3.63) is 29.4 Å². The Balaban J connectivity index is 1.57. The van der Waals surface area contributed by atoms with Gasteiger partial charge in [-0.15, -0.1) is 0 Å². The van der Waals surface area contributed by atoms with Crippen molar-refractivity contribution in [1.82, 2.24) is 15.1 Å². The normalized spacial score (nSPS) is 21.5. The molecule has 0 atom stereocenters. The van der Waals surface area contributed by atoms with Gasteiger partial charge in [0.15, 0.2) is 0 Å². The first kappa shape index (κ1) is 16.4. The van der Waals surface area contributed by atoms with Crippen LogP contribution in [-0.4, -0.2) is 15.1 Å². The molecule has 0 amide bonds. The molecule has 0 radical (unpaired) electrons. The van der Waals surface area contributed by atoms with E-state index in [1.54, 1.807) is 12.3 Å². The van der Waals surface area contributed by atoms with E-state index in [-0.39, 0.29) is 0 Å². The van der Waals surface area contributed by atoms with E-state index in [0.717, 1.165) is 30.2 Å². The lowest BCUT2D eigenvalue weighted by Crippen LogP contribution is -2.13. The average molecular weight is 334 g/mol. The van der Waals surface area contributed by atoms with Crippen LogP contribution in [0.4, 0.5) is 0 Å². The fourth-order valence-electron chi connectivity index (χ4n) is 3.44. The molecule has 3 rings (SSSR count). The number of nitrogens with zero attached hydrogens (tertiary/aromatic N) is 3. The van der Waals surface area contributed by atoms with Crippen molar-refractivity contribution in [1.29, 1.82) is 0 Å². The molecule has 0 N–H and O–H groups in total. The second-order valence-corrected chi connectivity index (χ2v) is 6.92. The van der Waals surface area contributed by atoms with E-state index in [0.29, 0.717) is 16.9 Å². The molecule has 1 fully saturated rings. The van der Waals surface area contributed by atoms with Gasteiger partial charge in [0.1, 0.15) is 5.15 Å². The highest BCUT2D eigenvalue weighted by atomic mass is 35.5. The highest BCUT2D eigenvalue weighted by Crippen LogP contribution is 2.37. The molecule has 23 heavy (non-hydrogen) atoms. The minimum Gasteiger partial charge on any atom is -0.339 e. The van der Waals surface area contributed by atoms with Crippen LogP contribution in [0.1, 0.15) is 70.1 Å². The summed E-state index contributed by atoms with van der Waals surface area (Å²) in [5.41, 5.74) is 0.855. The van der Waals surface area contributed by atoms with Crippen LogP contribution in [0.15, 0.2) is 22.9 Å². The summed E-state index contributed by atoms with van der Waals surface area (Å²) < 4.78 is 5.51. The maximum absolute atomic E-state index is 5.92. The van der Waals surface area contributed by atoms with Gasteiger partial charge in [0.25, 0.3) is 0 Å². The number of rotatable bonds is 6. The van der Waals surface area contributed by atoms with Crippen LogP contribution < -0.4 is 0 Å². The number of hydrogen-bond donors (Lipinski definition) is 0. The van der Waals surface area contributed by atoms with Crippen molar-refractivity contribution in [2.24, 2.45) is 5.92 Å². The zero-order valence-electron chi connectivity index (χ0n) is 13.7. The van der Waals surface area contributed by atoms with Gasteiger partial charge in [-0.2, -0.15) is 4.98 Å². The number of halogens is 1. The van der Waals surface area contributed by atoms with E-state index in [2.05, 4.69) is 22.0 Å². The van der Waals surface area contributed by atoms with Gasteiger partial charge in [0.2, 0.25) is 11.7 Å². The summed E-state index contributed by atoms with van der Waals surface area (Å²) in [5, 5.41) is 4.56. The minimum absolute atomic E-state index is 0.413. The van der Waals surface area contributed by atoms with Gasteiger partial charge in [0.05, 0.1) is 0 Å². The number of aromatic nitrogens is 3. The molecule has 1 aliphatic carbocycles. The molecule has 2 aromatic rings. The van der Waals surface area contributed by atoms with Crippen molar-refractivity contribution in [2.75, 3.05) is 0 Å². The Morgan fingerprint density at radius 1 is 1.22 bits per heavy atom. The maximum Gasteiger partial charge on any atom is 0.230 e. The third-order valence-corrected chi connectivity index (χ3v) is 5.05. The molecule has 0 unspecified atom stereocenters. The summed E-state index contributed by atoms with van der Waals surface area (Å²) in [4.78, 5) is 8.56. The van der Waals surface area contributed by atoms with Crippen molar-refractivity contribution in [3.63, 3.8) is 0 Å². The van der Waals surface area contributed by atoms with Crippen LogP contribution in [0.25, 0.3) is 11.4 Å². The molecule has 4 nitrogen and oxygen atoms in total. The molecule has 124 valence electrons. The molecule has 0 bridgehead atoms. The second-order valence-electron chi connectivity index (χ2n) is 6.54. The van der Waals surface area contributed by atoms with Crippen molar-refractivity contribution < 1.29 is 4.52 Å². The molecular weight excluding hydrogens is 310 g/mol. The fraction of sp³-hybridized carbons (Fsp3) is 0.611. The molecule has 0 aromatic carbocycles. The molecule has 2 aromatic heterocycles. The van der Waals surface area contributed by atoms with Gasteiger partial charge in [-0.25, -0.2) is 4.98 Å².